The highest BCUT2D eigenvalue weighted by Gasteiger charge is 2.44. The van der Waals surface area contributed by atoms with Crippen molar-refractivity contribution in [1.29, 1.82) is 0 Å². The minimum Gasteiger partial charge on any atom is -0.496 e. The second kappa shape index (κ2) is 10.8. The topological polar surface area (TPSA) is 76.1 Å². The van der Waals surface area contributed by atoms with Gasteiger partial charge < -0.3 is 14.6 Å². The third kappa shape index (κ3) is 6.19. The van der Waals surface area contributed by atoms with Crippen molar-refractivity contribution < 1.29 is 54.9 Å². The van der Waals surface area contributed by atoms with Crippen molar-refractivity contribution in [2.45, 2.75) is 64.5 Å². The lowest BCUT2D eigenvalue weighted by Gasteiger charge is -2.36. The van der Waals surface area contributed by atoms with Crippen molar-refractivity contribution in [3.63, 3.8) is 0 Å². The van der Waals surface area contributed by atoms with Crippen molar-refractivity contribution in [2.75, 3.05) is 13.7 Å². The number of amides is 1. The Kier molecular flexibility index (Phi) is 8.02. The van der Waals surface area contributed by atoms with Gasteiger partial charge in [0.1, 0.15) is 17.7 Å². The number of carbonyl (C=O) groups is 2. The van der Waals surface area contributed by atoms with Crippen molar-refractivity contribution in [3.05, 3.63) is 69.5 Å². The van der Waals surface area contributed by atoms with E-state index in [9.17, 15) is 45.4 Å². The zero-order valence-corrected chi connectivity index (χ0v) is 23.0. The summed E-state index contributed by atoms with van der Waals surface area (Å²) in [5.74, 6) is -2.42. The molecule has 0 bridgehead atoms. The Labute approximate surface area is 236 Å². The molecule has 13 heteroatoms. The molecule has 1 saturated heterocycles. The average molecular weight is 604 g/mol. The number of carboxylic acid groups (broad SMARTS) is 1. The third-order valence-electron chi connectivity index (χ3n) is 7.71. The molecule has 1 fully saturated rings. The first-order valence-corrected chi connectivity index (χ1v) is 12.9. The Morgan fingerprint density at radius 2 is 1.67 bits per heavy atom. The number of alkyl halides is 6. The van der Waals surface area contributed by atoms with Crippen LogP contribution in [0.2, 0.25) is 0 Å². The fourth-order valence-corrected chi connectivity index (χ4v) is 5.52. The van der Waals surface area contributed by atoms with Crippen molar-refractivity contribution in [2.24, 2.45) is 5.41 Å². The van der Waals surface area contributed by atoms with Gasteiger partial charge in [0, 0.05) is 18.2 Å². The standard InChI is InChI=1S/C29H28F7NO5/c1-14-24(15-7-17(28(31,32)33)9-18(8-15)29(34,35)36)42-26(40)37(14)13-16-12-27(2,3)6-5-19(16)20-10-21(25(38)39)22(30)11-23(20)41-4/h7-11,14,24H,5-6,12-13H2,1-4H3,(H,38,39)/t14-,24-/m0/s1. The van der Waals surface area contributed by atoms with Crippen LogP contribution in [0.25, 0.3) is 5.57 Å². The predicted molar refractivity (Wildman–Crippen MR) is 136 cm³/mol. The second-order valence-electron chi connectivity index (χ2n) is 11.3. The van der Waals surface area contributed by atoms with Gasteiger partial charge in [-0.05, 0) is 72.6 Å². The van der Waals surface area contributed by atoms with Gasteiger partial charge in [-0.1, -0.05) is 13.8 Å². The smallest absolute Gasteiger partial charge is 0.416 e. The zero-order valence-electron chi connectivity index (χ0n) is 23.0. The van der Waals surface area contributed by atoms with Crippen LogP contribution in [-0.2, 0) is 17.1 Å². The molecule has 0 radical (unpaired) electrons. The Balaban J connectivity index is 1.77. The number of methoxy groups -OCH3 is 1. The monoisotopic (exact) mass is 603 g/mol. The van der Waals surface area contributed by atoms with Crippen molar-refractivity contribution in [1.82, 2.24) is 4.90 Å². The highest BCUT2D eigenvalue weighted by atomic mass is 19.4. The highest BCUT2D eigenvalue weighted by molar-refractivity contribution is 5.90. The van der Waals surface area contributed by atoms with Gasteiger partial charge in [-0.2, -0.15) is 26.3 Å². The van der Waals surface area contributed by atoms with Gasteiger partial charge in [0.15, 0.2) is 0 Å². The number of hydrogen-bond donors (Lipinski definition) is 1. The van der Waals surface area contributed by atoms with Crippen LogP contribution in [0.15, 0.2) is 35.9 Å². The molecular formula is C29H28F7NO5. The molecule has 0 spiro atoms. The lowest BCUT2D eigenvalue weighted by molar-refractivity contribution is -0.143. The van der Waals surface area contributed by atoms with Gasteiger partial charge in [-0.25, -0.2) is 14.0 Å². The van der Waals surface area contributed by atoms with Crippen LogP contribution in [0.5, 0.6) is 5.75 Å². The summed E-state index contributed by atoms with van der Waals surface area (Å²) in [7, 11) is 1.29. The number of nitrogens with zero attached hydrogens (tertiary/aromatic N) is 1. The molecule has 42 heavy (non-hydrogen) atoms. The molecule has 1 aliphatic heterocycles. The molecule has 2 aromatic carbocycles. The van der Waals surface area contributed by atoms with Crippen LogP contribution in [0, 0.1) is 11.2 Å². The number of carboxylic acids is 1. The normalized spacial score (nSPS) is 21.0. The summed E-state index contributed by atoms with van der Waals surface area (Å²) >= 11 is 0. The molecule has 2 aromatic rings. The summed E-state index contributed by atoms with van der Waals surface area (Å²) in [6.07, 6.45) is -11.0. The number of cyclic esters (lactones) is 1. The van der Waals surface area contributed by atoms with Gasteiger partial charge in [-0.15, -0.1) is 0 Å². The number of allylic oxidation sites excluding steroid dienone is 1. The Bertz CT molecular complexity index is 1410. The fraction of sp³-hybridized carbons (Fsp3) is 0.448. The first-order chi connectivity index (χ1) is 19.3. The first-order valence-electron chi connectivity index (χ1n) is 12.9. The zero-order chi connectivity index (χ0) is 31.4. The van der Waals surface area contributed by atoms with E-state index in [0.717, 1.165) is 12.1 Å². The molecule has 1 amide bonds. The maximum atomic E-state index is 14.4. The summed E-state index contributed by atoms with van der Waals surface area (Å²) < 4.78 is 106. The fourth-order valence-electron chi connectivity index (χ4n) is 5.52. The van der Waals surface area contributed by atoms with Crippen LogP contribution < -0.4 is 4.74 Å². The predicted octanol–water partition coefficient (Wildman–Crippen LogP) is 8.12. The molecule has 4 rings (SSSR count). The molecule has 228 valence electrons. The van der Waals surface area contributed by atoms with Gasteiger partial charge >= 0.3 is 24.4 Å². The number of halogens is 7. The maximum Gasteiger partial charge on any atom is 0.416 e. The molecule has 0 aromatic heterocycles. The summed E-state index contributed by atoms with van der Waals surface area (Å²) in [5, 5.41) is 9.47. The van der Waals surface area contributed by atoms with E-state index in [0.29, 0.717) is 48.1 Å². The summed E-state index contributed by atoms with van der Waals surface area (Å²) in [6, 6.07) is 2.23. The molecule has 0 unspecified atom stereocenters. The number of benzene rings is 2. The van der Waals surface area contributed by atoms with Crippen LogP contribution in [0.3, 0.4) is 0 Å². The summed E-state index contributed by atoms with van der Waals surface area (Å²) in [4.78, 5) is 25.9. The number of rotatable bonds is 6. The summed E-state index contributed by atoms with van der Waals surface area (Å²) in [5.41, 5.74) is -2.78. The minimum absolute atomic E-state index is 0.00533. The average Bonchev–Trinajstić information content (AvgIpc) is 3.15. The summed E-state index contributed by atoms with van der Waals surface area (Å²) in [6.45, 7) is 5.30. The molecule has 2 aliphatic rings. The molecule has 1 N–H and O–H groups in total. The number of carbonyl (C=O) groups excluding carboxylic acids is 1. The third-order valence-corrected chi connectivity index (χ3v) is 7.71. The molecule has 1 heterocycles. The molecule has 6 nitrogen and oxygen atoms in total. The van der Waals surface area contributed by atoms with E-state index in [-0.39, 0.29) is 23.8 Å². The number of hydrogen-bond acceptors (Lipinski definition) is 4. The largest absolute Gasteiger partial charge is 0.496 e. The molecule has 2 atom stereocenters. The first kappa shape index (κ1) is 31.2. The van der Waals surface area contributed by atoms with Crippen LogP contribution in [0.1, 0.15) is 78.7 Å². The Hall–Kier alpha value is -3.77. The minimum atomic E-state index is -5.07. The number of ether oxygens (including phenoxy) is 2. The van der Waals surface area contributed by atoms with E-state index in [1.165, 1.54) is 18.9 Å². The van der Waals surface area contributed by atoms with E-state index >= 15 is 0 Å². The van der Waals surface area contributed by atoms with Gasteiger partial charge in [-0.3, -0.25) is 4.90 Å². The highest BCUT2D eigenvalue weighted by Crippen LogP contribution is 2.47. The lowest BCUT2D eigenvalue weighted by atomic mass is 9.72. The van der Waals surface area contributed by atoms with Gasteiger partial charge in [0.2, 0.25) is 0 Å². The maximum absolute atomic E-state index is 14.4. The Morgan fingerprint density at radius 3 is 2.19 bits per heavy atom. The quantitative estimate of drug-likeness (QED) is 0.338. The van der Waals surface area contributed by atoms with Crippen LogP contribution >= 0.6 is 0 Å². The lowest BCUT2D eigenvalue weighted by Crippen LogP contribution is -2.35. The van der Waals surface area contributed by atoms with E-state index in [1.807, 2.05) is 13.8 Å². The van der Waals surface area contributed by atoms with Crippen LogP contribution in [0.4, 0.5) is 35.5 Å². The van der Waals surface area contributed by atoms with E-state index in [2.05, 4.69) is 0 Å². The van der Waals surface area contributed by atoms with Gasteiger partial charge in [0.05, 0.1) is 29.8 Å². The molecular weight excluding hydrogens is 575 g/mol. The van der Waals surface area contributed by atoms with Gasteiger partial charge in [0.25, 0.3) is 0 Å². The Morgan fingerprint density at radius 1 is 1.07 bits per heavy atom. The molecule has 0 saturated carbocycles. The van der Waals surface area contributed by atoms with Crippen molar-refractivity contribution >= 4 is 17.6 Å². The SMILES string of the molecule is COc1cc(F)c(C(=O)O)cc1C1=C(CN2C(=O)O[C@H](c3cc(C(F)(F)F)cc(C(F)(F)F)c3)[C@@H]2C)CC(C)(C)CC1. The molecule has 1 aliphatic carbocycles. The van der Waals surface area contributed by atoms with E-state index in [1.54, 1.807) is 0 Å². The van der Waals surface area contributed by atoms with E-state index < -0.39 is 64.6 Å². The van der Waals surface area contributed by atoms with Crippen LogP contribution in [-0.4, -0.2) is 41.8 Å². The van der Waals surface area contributed by atoms with Crippen molar-refractivity contribution in [3.8, 4) is 5.75 Å². The van der Waals surface area contributed by atoms with E-state index in [4.69, 9.17) is 9.47 Å². The second-order valence-corrected chi connectivity index (χ2v) is 11.3. The number of aromatic carboxylic acids is 1.